The lowest BCUT2D eigenvalue weighted by atomic mass is 10.1. The third-order valence-electron chi connectivity index (χ3n) is 3.34. The molecule has 0 saturated heterocycles. The van der Waals surface area contributed by atoms with Crippen molar-refractivity contribution >= 4 is 22.7 Å². The Bertz CT molecular complexity index is 761. The van der Waals surface area contributed by atoms with Gasteiger partial charge in [0.15, 0.2) is 0 Å². The first-order valence-electron chi connectivity index (χ1n) is 6.38. The van der Waals surface area contributed by atoms with Crippen molar-refractivity contribution in [2.75, 3.05) is 11.1 Å². The lowest BCUT2D eigenvalue weighted by Crippen LogP contribution is -2.03. The van der Waals surface area contributed by atoms with Crippen LogP contribution in [0.1, 0.15) is 11.3 Å². The SMILES string of the molecule is Cc1c2ccc(CNc3ccnc(N)n3)cc2nn1C. The van der Waals surface area contributed by atoms with Crippen LogP contribution in [0, 0.1) is 6.92 Å². The largest absolute Gasteiger partial charge is 0.368 e. The Morgan fingerprint density at radius 1 is 1.30 bits per heavy atom. The second-order valence-electron chi connectivity index (χ2n) is 4.71. The van der Waals surface area contributed by atoms with Crippen LogP contribution < -0.4 is 11.1 Å². The average molecular weight is 268 g/mol. The number of aromatic nitrogens is 4. The number of benzene rings is 1. The van der Waals surface area contributed by atoms with Gasteiger partial charge >= 0.3 is 0 Å². The van der Waals surface area contributed by atoms with Crippen LogP contribution in [-0.4, -0.2) is 19.7 Å². The van der Waals surface area contributed by atoms with Crippen molar-refractivity contribution in [2.24, 2.45) is 7.05 Å². The minimum absolute atomic E-state index is 0.269. The topological polar surface area (TPSA) is 81.7 Å². The molecular weight excluding hydrogens is 252 g/mol. The fraction of sp³-hybridized carbons (Fsp3) is 0.214. The van der Waals surface area contributed by atoms with Crippen LogP contribution in [-0.2, 0) is 13.6 Å². The van der Waals surface area contributed by atoms with E-state index in [1.165, 1.54) is 11.1 Å². The summed E-state index contributed by atoms with van der Waals surface area (Å²) in [5.41, 5.74) is 8.87. The molecule has 0 atom stereocenters. The van der Waals surface area contributed by atoms with Gasteiger partial charge in [0.25, 0.3) is 0 Å². The summed E-state index contributed by atoms with van der Waals surface area (Å²) in [6.45, 7) is 2.74. The monoisotopic (exact) mass is 268 g/mol. The molecule has 3 rings (SSSR count). The van der Waals surface area contributed by atoms with Crippen LogP contribution in [0.25, 0.3) is 10.9 Å². The number of hydrogen-bond donors (Lipinski definition) is 2. The predicted molar refractivity (Wildman–Crippen MR) is 79.2 cm³/mol. The molecule has 102 valence electrons. The number of hydrogen-bond acceptors (Lipinski definition) is 5. The number of nitrogens with zero attached hydrogens (tertiary/aromatic N) is 4. The maximum absolute atomic E-state index is 5.55. The summed E-state index contributed by atoms with van der Waals surface area (Å²) in [6, 6.07) is 8.07. The lowest BCUT2D eigenvalue weighted by Gasteiger charge is -2.05. The van der Waals surface area contributed by atoms with Gasteiger partial charge in [0.1, 0.15) is 5.82 Å². The first-order chi connectivity index (χ1) is 9.63. The summed E-state index contributed by atoms with van der Waals surface area (Å²) in [5, 5.41) is 8.89. The zero-order chi connectivity index (χ0) is 14.1. The average Bonchev–Trinajstić information content (AvgIpc) is 2.72. The molecule has 6 heteroatoms. The van der Waals surface area contributed by atoms with E-state index in [0.717, 1.165) is 16.9 Å². The van der Waals surface area contributed by atoms with E-state index < -0.39 is 0 Å². The summed E-state index contributed by atoms with van der Waals surface area (Å²) in [4.78, 5) is 7.97. The van der Waals surface area contributed by atoms with E-state index in [1.54, 1.807) is 12.3 Å². The molecule has 0 spiro atoms. The van der Waals surface area contributed by atoms with Crippen molar-refractivity contribution in [2.45, 2.75) is 13.5 Å². The van der Waals surface area contributed by atoms with Gasteiger partial charge in [-0.05, 0) is 24.6 Å². The third-order valence-corrected chi connectivity index (χ3v) is 3.34. The first-order valence-corrected chi connectivity index (χ1v) is 6.38. The van der Waals surface area contributed by atoms with E-state index in [1.807, 2.05) is 11.7 Å². The van der Waals surface area contributed by atoms with E-state index in [0.29, 0.717) is 6.54 Å². The fourth-order valence-corrected chi connectivity index (χ4v) is 2.15. The summed E-state index contributed by atoms with van der Waals surface area (Å²) in [7, 11) is 1.96. The van der Waals surface area contributed by atoms with Crippen molar-refractivity contribution in [1.82, 2.24) is 19.7 Å². The fourth-order valence-electron chi connectivity index (χ4n) is 2.15. The van der Waals surface area contributed by atoms with Gasteiger partial charge in [-0.3, -0.25) is 4.68 Å². The van der Waals surface area contributed by atoms with Gasteiger partial charge in [0.05, 0.1) is 5.52 Å². The van der Waals surface area contributed by atoms with Crippen LogP contribution in [0.5, 0.6) is 0 Å². The minimum Gasteiger partial charge on any atom is -0.368 e. The van der Waals surface area contributed by atoms with E-state index >= 15 is 0 Å². The van der Waals surface area contributed by atoms with Gasteiger partial charge in [-0.15, -0.1) is 0 Å². The number of fused-ring (bicyclic) bond motifs is 1. The quantitative estimate of drug-likeness (QED) is 0.757. The predicted octanol–water partition coefficient (Wildman–Crippen LogP) is 1.87. The first kappa shape index (κ1) is 12.4. The van der Waals surface area contributed by atoms with Crippen LogP contribution >= 0.6 is 0 Å². The molecule has 1 aromatic carbocycles. The minimum atomic E-state index is 0.269. The molecule has 0 aliphatic carbocycles. The molecule has 2 heterocycles. The summed E-state index contributed by atoms with van der Waals surface area (Å²) < 4.78 is 1.90. The molecule has 0 aliphatic rings. The second kappa shape index (κ2) is 4.80. The van der Waals surface area contributed by atoms with Gasteiger partial charge in [0, 0.05) is 30.9 Å². The molecule has 0 bridgehead atoms. The maximum Gasteiger partial charge on any atom is 0.221 e. The summed E-state index contributed by atoms with van der Waals surface area (Å²) in [6.07, 6.45) is 1.63. The molecule has 2 aromatic heterocycles. The molecule has 0 amide bonds. The Morgan fingerprint density at radius 2 is 2.15 bits per heavy atom. The standard InChI is InChI=1S/C14H16N6/c1-9-11-4-3-10(7-12(11)19-20(9)2)8-17-13-5-6-16-14(15)18-13/h3-7H,8H2,1-2H3,(H3,15,16,17,18). The Labute approximate surface area is 116 Å². The van der Waals surface area contributed by atoms with E-state index in [9.17, 15) is 0 Å². The van der Waals surface area contributed by atoms with Gasteiger partial charge in [0.2, 0.25) is 5.95 Å². The Morgan fingerprint density at radius 3 is 2.95 bits per heavy atom. The van der Waals surface area contributed by atoms with E-state index in [4.69, 9.17) is 5.73 Å². The van der Waals surface area contributed by atoms with Gasteiger partial charge in [-0.1, -0.05) is 12.1 Å². The van der Waals surface area contributed by atoms with Crippen molar-refractivity contribution in [1.29, 1.82) is 0 Å². The lowest BCUT2D eigenvalue weighted by molar-refractivity contribution is 0.751. The molecule has 0 saturated carbocycles. The van der Waals surface area contributed by atoms with E-state index in [-0.39, 0.29) is 5.95 Å². The van der Waals surface area contributed by atoms with Crippen LogP contribution in [0.4, 0.5) is 11.8 Å². The highest BCUT2D eigenvalue weighted by Crippen LogP contribution is 2.19. The number of rotatable bonds is 3. The van der Waals surface area contributed by atoms with Crippen molar-refractivity contribution in [3.63, 3.8) is 0 Å². The summed E-state index contributed by atoms with van der Waals surface area (Å²) in [5.74, 6) is 0.987. The molecule has 0 aliphatic heterocycles. The Kier molecular flexibility index (Phi) is 2.98. The molecule has 3 N–H and O–H groups in total. The van der Waals surface area contributed by atoms with Gasteiger partial charge in [-0.25, -0.2) is 4.98 Å². The molecule has 0 unspecified atom stereocenters. The zero-order valence-electron chi connectivity index (χ0n) is 11.5. The second-order valence-corrected chi connectivity index (χ2v) is 4.71. The third kappa shape index (κ3) is 2.27. The van der Waals surface area contributed by atoms with E-state index in [2.05, 4.69) is 45.5 Å². The number of nitrogens with two attached hydrogens (primary N) is 1. The Hall–Kier alpha value is -2.63. The van der Waals surface area contributed by atoms with Crippen LogP contribution in [0.15, 0.2) is 30.5 Å². The van der Waals surface area contributed by atoms with Crippen LogP contribution in [0.3, 0.4) is 0 Å². The molecule has 0 fully saturated rings. The normalized spacial score (nSPS) is 10.9. The van der Waals surface area contributed by atoms with Crippen molar-refractivity contribution < 1.29 is 0 Å². The smallest absolute Gasteiger partial charge is 0.221 e. The highest BCUT2D eigenvalue weighted by atomic mass is 15.3. The summed E-state index contributed by atoms with van der Waals surface area (Å²) >= 11 is 0. The van der Waals surface area contributed by atoms with Crippen molar-refractivity contribution in [3.8, 4) is 0 Å². The molecule has 20 heavy (non-hydrogen) atoms. The number of nitrogen functional groups attached to an aromatic ring is 1. The van der Waals surface area contributed by atoms with Gasteiger partial charge < -0.3 is 11.1 Å². The number of aryl methyl sites for hydroxylation is 2. The van der Waals surface area contributed by atoms with Crippen molar-refractivity contribution in [3.05, 3.63) is 41.7 Å². The highest BCUT2D eigenvalue weighted by Gasteiger charge is 2.05. The number of nitrogens with one attached hydrogen (secondary N) is 1. The highest BCUT2D eigenvalue weighted by molar-refractivity contribution is 5.82. The molecule has 6 nitrogen and oxygen atoms in total. The molecule has 0 radical (unpaired) electrons. The molecular formula is C14H16N6. The van der Waals surface area contributed by atoms with Gasteiger partial charge in [-0.2, -0.15) is 10.1 Å². The zero-order valence-corrected chi connectivity index (χ0v) is 11.5. The van der Waals surface area contributed by atoms with Crippen LogP contribution in [0.2, 0.25) is 0 Å². The Balaban J connectivity index is 1.81. The number of anilines is 2. The maximum atomic E-state index is 5.55. The molecule has 3 aromatic rings.